The molecule has 2 N–H and O–H groups in total. The van der Waals surface area contributed by atoms with Gasteiger partial charge in [0.05, 0.1) is 13.0 Å². The lowest BCUT2D eigenvalue weighted by Crippen LogP contribution is -2.33. The van der Waals surface area contributed by atoms with E-state index in [0.29, 0.717) is 6.42 Å². The number of nitrogens with one attached hydrogen (secondary N) is 1. The summed E-state index contributed by atoms with van der Waals surface area (Å²) < 4.78 is 1.15. The molecule has 1 rings (SSSR count). The van der Waals surface area contributed by atoms with E-state index in [1.807, 2.05) is 0 Å². The second-order valence-corrected chi connectivity index (χ2v) is 4.05. The number of amides is 1. The lowest BCUT2D eigenvalue weighted by Gasteiger charge is -2.10. The van der Waals surface area contributed by atoms with Crippen molar-refractivity contribution in [1.29, 1.82) is 0 Å². The van der Waals surface area contributed by atoms with Gasteiger partial charge in [-0.2, -0.15) is 0 Å². The lowest BCUT2D eigenvalue weighted by molar-refractivity contribution is -0.391. The van der Waals surface area contributed by atoms with Crippen LogP contribution in [-0.4, -0.2) is 33.0 Å². The Balaban J connectivity index is 2.74. The van der Waals surface area contributed by atoms with Crippen molar-refractivity contribution in [3.05, 3.63) is 27.9 Å². The number of carboxylic acids is 1. The first kappa shape index (κ1) is 14.7. The number of aliphatic carboxylic acids is 1. The van der Waals surface area contributed by atoms with Crippen molar-refractivity contribution in [3.63, 3.8) is 0 Å². The maximum atomic E-state index is 11.8. The molecule has 1 amide bonds. The highest BCUT2D eigenvalue weighted by molar-refractivity contribution is 5.93. The van der Waals surface area contributed by atoms with E-state index in [2.05, 4.69) is 5.32 Å². The van der Waals surface area contributed by atoms with Crippen LogP contribution in [0.4, 0.5) is 5.82 Å². The summed E-state index contributed by atoms with van der Waals surface area (Å²) in [5.74, 6) is -2.38. The molecule has 1 atom stereocenters. The summed E-state index contributed by atoms with van der Waals surface area (Å²) in [5, 5.41) is 21.9. The largest absolute Gasteiger partial charge is 0.481 e. The molecule has 104 valence electrons. The van der Waals surface area contributed by atoms with Gasteiger partial charge < -0.3 is 20.5 Å². The van der Waals surface area contributed by atoms with Crippen molar-refractivity contribution < 1.29 is 19.6 Å². The molecule has 0 aliphatic heterocycles. The SMILES string of the molecule is CCC(CNC(=O)c1ccc([N+](=O)[O-])n1C)C(=O)O. The summed E-state index contributed by atoms with van der Waals surface area (Å²) in [4.78, 5) is 32.6. The average Bonchev–Trinajstić information content (AvgIpc) is 2.71. The van der Waals surface area contributed by atoms with Gasteiger partial charge in [0.2, 0.25) is 0 Å². The minimum atomic E-state index is -0.985. The van der Waals surface area contributed by atoms with Crippen LogP contribution in [0, 0.1) is 16.0 Å². The predicted octanol–water partition coefficient (Wildman–Crippen LogP) is 0.774. The summed E-state index contributed by atoms with van der Waals surface area (Å²) in [7, 11) is 1.40. The standard InChI is InChI=1S/C11H15N3O5/c1-3-7(11(16)17)6-12-10(15)8-4-5-9(13(8)2)14(18)19/h4-5,7H,3,6H2,1-2H3,(H,12,15)(H,16,17). The van der Waals surface area contributed by atoms with E-state index < -0.39 is 22.7 Å². The Labute approximate surface area is 109 Å². The predicted molar refractivity (Wildman–Crippen MR) is 65.8 cm³/mol. The number of carbonyl (C=O) groups is 2. The highest BCUT2D eigenvalue weighted by atomic mass is 16.6. The number of hydrogen-bond donors (Lipinski definition) is 2. The van der Waals surface area contributed by atoms with Gasteiger partial charge in [-0.15, -0.1) is 0 Å². The second kappa shape index (κ2) is 5.98. The monoisotopic (exact) mass is 269 g/mol. The Kier molecular flexibility index (Phi) is 4.62. The van der Waals surface area contributed by atoms with Crippen LogP contribution in [0.1, 0.15) is 23.8 Å². The van der Waals surface area contributed by atoms with Crippen molar-refractivity contribution in [1.82, 2.24) is 9.88 Å². The van der Waals surface area contributed by atoms with E-state index in [-0.39, 0.29) is 18.1 Å². The van der Waals surface area contributed by atoms with E-state index in [1.54, 1.807) is 6.92 Å². The number of aromatic nitrogens is 1. The molecule has 0 saturated carbocycles. The molecule has 1 aromatic heterocycles. The fourth-order valence-electron chi connectivity index (χ4n) is 1.62. The Morgan fingerprint density at radius 1 is 1.53 bits per heavy atom. The van der Waals surface area contributed by atoms with Crippen molar-refractivity contribution >= 4 is 17.7 Å². The first-order valence-electron chi connectivity index (χ1n) is 5.69. The topological polar surface area (TPSA) is 114 Å². The van der Waals surface area contributed by atoms with Crippen molar-refractivity contribution in [3.8, 4) is 0 Å². The molecule has 1 unspecified atom stereocenters. The van der Waals surface area contributed by atoms with Crippen LogP contribution in [0.15, 0.2) is 12.1 Å². The molecule has 8 heteroatoms. The van der Waals surface area contributed by atoms with E-state index in [4.69, 9.17) is 5.11 Å². The molecule has 0 bridgehead atoms. The molecule has 1 aromatic rings. The fourth-order valence-corrected chi connectivity index (χ4v) is 1.62. The Morgan fingerprint density at radius 3 is 2.58 bits per heavy atom. The molecular formula is C11H15N3O5. The van der Waals surface area contributed by atoms with Crippen molar-refractivity contribution in [2.45, 2.75) is 13.3 Å². The van der Waals surface area contributed by atoms with Crippen LogP contribution in [0.25, 0.3) is 0 Å². The average molecular weight is 269 g/mol. The molecule has 0 aromatic carbocycles. The number of rotatable bonds is 6. The van der Waals surface area contributed by atoms with E-state index >= 15 is 0 Å². The van der Waals surface area contributed by atoms with Gasteiger partial charge in [-0.05, 0) is 17.4 Å². The number of nitrogens with zero attached hydrogens (tertiary/aromatic N) is 2. The minimum absolute atomic E-state index is 0.0103. The zero-order valence-electron chi connectivity index (χ0n) is 10.6. The molecule has 0 aliphatic carbocycles. The van der Waals surface area contributed by atoms with Gasteiger partial charge in [-0.1, -0.05) is 6.92 Å². The first-order chi connectivity index (χ1) is 8.88. The van der Waals surface area contributed by atoms with Gasteiger partial charge in [0, 0.05) is 12.6 Å². The minimum Gasteiger partial charge on any atom is -0.481 e. The maximum absolute atomic E-state index is 11.8. The van der Waals surface area contributed by atoms with Crippen LogP contribution in [0.3, 0.4) is 0 Å². The zero-order valence-corrected chi connectivity index (χ0v) is 10.6. The summed E-state index contributed by atoms with van der Waals surface area (Å²) in [6.07, 6.45) is 0.392. The summed E-state index contributed by atoms with van der Waals surface area (Å²) in [6.45, 7) is 1.70. The molecule has 0 fully saturated rings. The Bertz CT molecular complexity index is 508. The summed E-state index contributed by atoms with van der Waals surface area (Å²) in [6, 6.07) is 2.55. The molecule has 0 saturated heterocycles. The molecule has 0 aliphatic rings. The number of hydrogen-bond acceptors (Lipinski definition) is 4. The highest BCUT2D eigenvalue weighted by Gasteiger charge is 2.22. The fraction of sp³-hybridized carbons (Fsp3) is 0.455. The highest BCUT2D eigenvalue weighted by Crippen LogP contribution is 2.14. The number of carbonyl (C=O) groups excluding carboxylic acids is 1. The van der Waals surface area contributed by atoms with Gasteiger partial charge in [-0.25, -0.2) is 4.57 Å². The van der Waals surface area contributed by atoms with Gasteiger partial charge in [-0.3, -0.25) is 9.59 Å². The van der Waals surface area contributed by atoms with Gasteiger partial charge >= 0.3 is 11.8 Å². The van der Waals surface area contributed by atoms with Crippen molar-refractivity contribution in [2.24, 2.45) is 13.0 Å². The quantitative estimate of drug-likeness (QED) is 0.584. The first-order valence-corrected chi connectivity index (χ1v) is 5.69. The van der Waals surface area contributed by atoms with E-state index in [9.17, 15) is 19.7 Å². The molecule has 8 nitrogen and oxygen atoms in total. The molecule has 0 radical (unpaired) electrons. The van der Waals surface area contributed by atoms with Gasteiger partial charge in [0.1, 0.15) is 0 Å². The van der Waals surface area contributed by atoms with Gasteiger partial charge in [0.25, 0.3) is 5.91 Å². The molecular weight excluding hydrogens is 254 g/mol. The van der Waals surface area contributed by atoms with E-state index in [1.165, 1.54) is 19.2 Å². The summed E-state index contributed by atoms with van der Waals surface area (Å²) >= 11 is 0. The zero-order chi connectivity index (χ0) is 14.6. The van der Waals surface area contributed by atoms with E-state index in [0.717, 1.165) is 4.57 Å². The Hall–Kier alpha value is -2.38. The molecule has 0 spiro atoms. The normalized spacial score (nSPS) is 11.9. The van der Waals surface area contributed by atoms with Crippen LogP contribution in [0.5, 0.6) is 0 Å². The summed E-state index contributed by atoms with van der Waals surface area (Å²) in [5.41, 5.74) is 0.118. The Morgan fingerprint density at radius 2 is 2.16 bits per heavy atom. The number of carboxylic acid groups (broad SMARTS) is 1. The van der Waals surface area contributed by atoms with Crippen LogP contribution in [0.2, 0.25) is 0 Å². The van der Waals surface area contributed by atoms with Crippen LogP contribution >= 0.6 is 0 Å². The van der Waals surface area contributed by atoms with Crippen molar-refractivity contribution in [2.75, 3.05) is 6.54 Å². The third-order valence-corrected chi connectivity index (χ3v) is 2.87. The molecule has 1 heterocycles. The van der Waals surface area contributed by atoms with Crippen LogP contribution < -0.4 is 5.32 Å². The molecule has 19 heavy (non-hydrogen) atoms. The maximum Gasteiger partial charge on any atom is 0.323 e. The second-order valence-electron chi connectivity index (χ2n) is 4.05. The third-order valence-electron chi connectivity index (χ3n) is 2.87. The lowest BCUT2D eigenvalue weighted by atomic mass is 10.1. The number of nitro groups is 1. The third kappa shape index (κ3) is 3.30. The smallest absolute Gasteiger partial charge is 0.323 e. The van der Waals surface area contributed by atoms with Crippen LogP contribution in [-0.2, 0) is 11.8 Å². The van der Waals surface area contributed by atoms with Gasteiger partial charge in [0.15, 0.2) is 5.69 Å².